The second kappa shape index (κ2) is 6.43. The van der Waals surface area contributed by atoms with Crippen molar-refractivity contribution in [3.8, 4) is 5.75 Å². The molecule has 2 atom stereocenters. The van der Waals surface area contributed by atoms with Crippen molar-refractivity contribution in [3.63, 3.8) is 0 Å². The largest absolute Gasteiger partial charge is 0.868 e. The highest BCUT2D eigenvalue weighted by Gasteiger charge is 2.35. The first-order valence-electron chi connectivity index (χ1n) is 8.07. The van der Waals surface area contributed by atoms with Crippen LogP contribution in [0.5, 0.6) is 5.75 Å². The summed E-state index contributed by atoms with van der Waals surface area (Å²) in [6.45, 7) is 3.90. The number of nitrogens with one attached hydrogen (secondary N) is 1. The molecule has 2 aromatic rings. The van der Waals surface area contributed by atoms with Crippen molar-refractivity contribution in [2.45, 2.75) is 32.5 Å². The number of fused-ring (bicyclic) bond motifs is 1. The molecule has 1 aliphatic heterocycles. The summed E-state index contributed by atoms with van der Waals surface area (Å²) in [7, 11) is 0. The first-order valence-corrected chi connectivity index (χ1v) is 8.07. The van der Waals surface area contributed by atoms with Gasteiger partial charge in [-0.15, -0.1) is 0 Å². The number of benzene rings is 2. The van der Waals surface area contributed by atoms with Gasteiger partial charge in [0.15, 0.2) is 0 Å². The number of hydrogen-bond donors (Lipinski definition) is 1. The van der Waals surface area contributed by atoms with Crippen molar-refractivity contribution >= 4 is 17.3 Å². The fourth-order valence-electron chi connectivity index (χ4n) is 3.01. The number of hydrogen-bond acceptors (Lipinski definition) is 5. The van der Waals surface area contributed by atoms with Gasteiger partial charge in [0.25, 0.3) is 11.6 Å². The van der Waals surface area contributed by atoms with Crippen LogP contribution in [0, 0.1) is 10.1 Å². The van der Waals surface area contributed by atoms with E-state index in [9.17, 15) is 20.0 Å². The maximum Gasteiger partial charge on any atom is 0.262 e. The summed E-state index contributed by atoms with van der Waals surface area (Å²) in [5.74, 6) is -0.783. The van der Waals surface area contributed by atoms with E-state index in [1.165, 1.54) is 18.2 Å². The molecule has 0 aromatic heterocycles. The Bertz CT molecular complexity index is 837. The fourth-order valence-corrected chi connectivity index (χ4v) is 3.01. The van der Waals surface area contributed by atoms with Crippen molar-refractivity contribution in [2.75, 3.05) is 5.32 Å². The molecule has 25 heavy (non-hydrogen) atoms. The molecule has 7 heteroatoms. The van der Waals surface area contributed by atoms with Crippen LogP contribution in [0.15, 0.2) is 42.5 Å². The average molecular weight is 340 g/mol. The Balaban J connectivity index is 2.11. The minimum absolute atomic E-state index is 0.0793. The van der Waals surface area contributed by atoms with E-state index in [1.807, 2.05) is 19.9 Å². The molecule has 2 aromatic carbocycles. The van der Waals surface area contributed by atoms with E-state index in [4.69, 9.17) is 0 Å². The second-order valence-corrected chi connectivity index (χ2v) is 6.05. The van der Waals surface area contributed by atoms with E-state index < -0.39 is 22.5 Å². The lowest BCUT2D eigenvalue weighted by molar-refractivity contribution is -0.398. The highest BCUT2D eigenvalue weighted by atomic mass is 16.6. The summed E-state index contributed by atoms with van der Waals surface area (Å²) in [6, 6.07) is 11.0. The quantitative estimate of drug-likeness (QED) is 0.681. The van der Waals surface area contributed by atoms with Gasteiger partial charge in [0.1, 0.15) is 6.17 Å². The highest BCUT2D eigenvalue weighted by molar-refractivity contribution is 6.01. The molecule has 0 fully saturated rings. The molecular weight excluding hydrogens is 322 g/mol. The van der Waals surface area contributed by atoms with E-state index in [-0.39, 0.29) is 11.9 Å². The lowest BCUT2D eigenvalue weighted by atomic mass is 10.0. The van der Waals surface area contributed by atoms with Crippen LogP contribution in [0.3, 0.4) is 0 Å². The molecule has 130 valence electrons. The highest BCUT2D eigenvalue weighted by Crippen LogP contribution is 2.37. The van der Waals surface area contributed by atoms with Crippen LogP contribution in [0.2, 0.25) is 0 Å². The van der Waals surface area contributed by atoms with E-state index in [2.05, 4.69) is 5.32 Å². The summed E-state index contributed by atoms with van der Waals surface area (Å²) in [4.78, 5) is 25.0. The molecule has 0 saturated heterocycles. The van der Waals surface area contributed by atoms with E-state index in [1.54, 1.807) is 23.1 Å². The number of anilines is 1. The molecule has 0 aliphatic carbocycles. The van der Waals surface area contributed by atoms with Crippen molar-refractivity contribution in [3.05, 3.63) is 63.7 Å². The maximum absolute atomic E-state index is 13.0. The molecule has 7 nitrogen and oxygen atoms in total. The summed E-state index contributed by atoms with van der Waals surface area (Å²) in [5, 5.41) is 26.1. The zero-order chi connectivity index (χ0) is 18.1. The average Bonchev–Trinajstić information content (AvgIpc) is 2.61. The van der Waals surface area contributed by atoms with E-state index >= 15 is 0 Å². The number of nitro benzene ring substituents is 1. The zero-order valence-corrected chi connectivity index (χ0v) is 13.9. The van der Waals surface area contributed by atoms with Gasteiger partial charge in [-0.3, -0.25) is 14.9 Å². The molecule has 1 heterocycles. The summed E-state index contributed by atoms with van der Waals surface area (Å²) >= 11 is 0. The van der Waals surface area contributed by atoms with Gasteiger partial charge in [0.2, 0.25) is 0 Å². The summed E-state index contributed by atoms with van der Waals surface area (Å²) in [6.07, 6.45) is 0.157. The van der Waals surface area contributed by atoms with Crippen LogP contribution in [0.1, 0.15) is 42.4 Å². The van der Waals surface area contributed by atoms with Crippen LogP contribution >= 0.6 is 0 Å². The van der Waals surface area contributed by atoms with Crippen LogP contribution in [-0.4, -0.2) is 21.8 Å². The van der Waals surface area contributed by atoms with Gasteiger partial charge >= 0.3 is 0 Å². The number of carbonyl (C=O) groups is 1. The van der Waals surface area contributed by atoms with Crippen LogP contribution in [0.4, 0.5) is 11.4 Å². The van der Waals surface area contributed by atoms with Gasteiger partial charge in [-0.25, -0.2) is 0 Å². The summed E-state index contributed by atoms with van der Waals surface area (Å²) in [5.41, 5.74) is 1.25. The molecule has 0 radical (unpaired) electrons. The molecule has 0 unspecified atom stereocenters. The molecule has 1 amide bonds. The number of para-hydroxylation sites is 1. The minimum Gasteiger partial charge on any atom is -0.868 e. The Morgan fingerprint density at radius 1 is 1.28 bits per heavy atom. The van der Waals surface area contributed by atoms with Gasteiger partial charge in [-0.1, -0.05) is 31.2 Å². The SMILES string of the molecule is CC[C@@H](C)N1C(=O)c2ccccc2N[C@H]1c1ccc([O-])c([N+](=O)[O-])c1. The van der Waals surface area contributed by atoms with Crippen LogP contribution in [-0.2, 0) is 0 Å². The number of nitro groups is 1. The lowest BCUT2D eigenvalue weighted by Crippen LogP contribution is -2.47. The van der Waals surface area contributed by atoms with Crippen LogP contribution < -0.4 is 10.4 Å². The van der Waals surface area contributed by atoms with Crippen molar-refractivity contribution in [2.24, 2.45) is 0 Å². The van der Waals surface area contributed by atoms with Gasteiger partial charge in [0.05, 0.1) is 10.5 Å². The normalized spacial score (nSPS) is 17.6. The fraction of sp³-hybridized carbons (Fsp3) is 0.278. The molecule has 0 bridgehead atoms. The first-order chi connectivity index (χ1) is 11.9. The minimum atomic E-state index is -0.696. The maximum atomic E-state index is 13.0. The Labute approximate surface area is 145 Å². The number of amides is 1. The smallest absolute Gasteiger partial charge is 0.262 e. The Hall–Kier alpha value is -3.09. The van der Waals surface area contributed by atoms with Crippen molar-refractivity contribution < 1.29 is 14.8 Å². The second-order valence-electron chi connectivity index (χ2n) is 6.05. The monoisotopic (exact) mass is 340 g/mol. The standard InChI is InChI=1S/C18H19N3O4/c1-3-11(2)20-17(12-8-9-16(22)15(10-12)21(24)25)19-14-7-5-4-6-13(14)18(20)23/h4-11,17,19,22H,3H2,1-2H3/p-1/t11-,17-/m1/s1. The third-order valence-corrected chi connectivity index (χ3v) is 4.52. The molecule has 1 N–H and O–H groups in total. The Morgan fingerprint density at radius 3 is 2.68 bits per heavy atom. The molecule has 0 saturated carbocycles. The third-order valence-electron chi connectivity index (χ3n) is 4.52. The Morgan fingerprint density at radius 2 is 2.00 bits per heavy atom. The Kier molecular flexibility index (Phi) is 4.31. The number of carbonyl (C=O) groups excluding carboxylic acids is 1. The predicted molar refractivity (Wildman–Crippen MR) is 91.3 cm³/mol. The molecular formula is C18H18N3O4-. The van der Waals surface area contributed by atoms with Crippen molar-refractivity contribution in [1.82, 2.24) is 4.90 Å². The number of nitrogens with zero attached hydrogens (tertiary/aromatic N) is 2. The first kappa shape index (κ1) is 16.8. The van der Waals surface area contributed by atoms with Crippen LogP contribution in [0.25, 0.3) is 0 Å². The van der Waals surface area contributed by atoms with Crippen molar-refractivity contribution in [1.29, 1.82) is 0 Å². The van der Waals surface area contributed by atoms with Gasteiger partial charge in [-0.2, -0.15) is 0 Å². The van der Waals surface area contributed by atoms with Gasteiger partial charge in [-0.05, 0) is 31.2 Å². The van der Waals surface area contributed by atoms with Gasteiger partial charge < -0.3 is 15.3 Å². The molecule has 3 rings (SSSR count). The third kappa shape index (κ3) is 2.88. The van der Waals surface area contributed by atoms with E-state index in [0.29, 0.717) is 16.8 Å². The molecule has 0 spiro atoms. The summed E-state index contributed by atoms with van der Waals surface area (Å²) < 4.78 is 0. The predicted octanol–water partition coefficient (Wildman–Crippen LogP) is 3.03. The van der Waals surface area contributed by atoms with Gasteiger partial charge in [0, 0.05) is 23.4 Å². The van der Waals surface area contributed by atoms with E-state index in [0.717, 1.165) is 6.42 Å². The topological polar surface area (TPSA) is 98.5 Å². The zero-order valence-electron chi connectivity index (χ0n) is 13.9. The number of rotatable bonds is 4. The lowest BCUT2D eigenvalue weighted by Gasteiger charge is -2.41. The molecule has 1 aliphatic rings.